The van der Waals surface area contributed by atoms with Gasteiger partial charge in [-0.1, -0.05) is 18.2 Å². The molecule has 1 saturated heterocycles. The molecule has 1 aliphatic heterocycles. The summed E-state index contributed by atoms with van der Waals surface area (Å²) >= 11 is 0. The second-order valence-corrected chi connectivity index (χ2v) is 4.24. The number of hydrogen-bond acceptors (Lipinski definition) is 2. The third kappa shape index (κ3) is 2.33. The molecular weight excluding hydrogens is 245 g/mol. The van der Waals surface area contributed by atoms with Gasteiger partial charge in [-0.15, -0.1) is 0 Å². The minimum absolute atomic E-state index is 0.165. The van der Waals surface area contributed by atoms with E-state index in [1.165, 1.54) is 23.1 Å². The largest absolute Gasteiger partial charge is 0.416 e. The Morgan fingerprint density at radius 2 is 1.89 bits per heavy atom. The number of likely N-dealkylation sites (tertiary alicyclic amines) is 1. The van der Waals surface area contributed by atoms with Crippen molar-refractivity contribution in [3.05, 3.63) is 35.4 Å². The van der Waals surface area contributed by atoms with Crippen LogP contribution in [0.2, 0.25) is 0 Å². The molecule has 0 spiro atoms. The lowest BCUT2D eigenvalue weighted by Gasteiger charge is -2.33. The zero-order chi connectivity index (χ0) is 13.3. The van der Waals surface area contributed by atoms with Gasteiger partial charge in [0, 0.05) is 13.1 Å². The lowest BCUT2D eigenvalue weighted by Crippen LogP contribution is -2.46. The summed E-state index contributed by atoms with van der Waals surface area (Å²) in [5.41, 5.74) is 4.65. The van der Waals surface area contributed by atoms with E-state index in [-0.39, 0.29) is 5.56 Å². The topological polar surface area (TPSA) is 46.3 Å². The maximum Gasteiger partial charge on any atom is 0.416 e. The van der Waals surface area contributed by atoms with Gasteiger partial charge in [-0.2, -0.15) is 13.2 Å². The molecule has 1 unspecified atom stereocenters. The summed E-state index contributed by atoms with van der Waals surface area (Å²) in [6.45, 7) is 1.14. The third-order valence-corrected chi connectivity index (χ3v) is 3.04. The first kappa shape index (κ1) is 12.9. The molecular formula is C12H13F3N2O. The Labute approximate surface area is 102 Å². The van der Waals surface area contributed by atoms with Gasteiger partial charge in [0.15, 0.2) is 0 Å². The highest BCUT2D eigenvalue weighted by atomic mass is 19.4. The van der Waals surface area contributed by atoms with Crippen molar-refractivity contribution in [2.75, 3.05) is 13.1 Å². The Hall–Kier alpha value is -1.56. The van der Waals surface area contributed by atoms with Crippen LogP contribution in [-0.2, 0) is 11.0 Å². The summed E-state index contributed by atoms with van der Waals surface area (Å²) in [6.07, 6.45) is -3.62. The molecule has 1 aromatic carbocycles. The minimum atomic E-state index is -4.50. The molecule has 18 heavy (non-hydrogen) atoms. The quantitative estimate of drug-likeness (QED) is 0.881. The molecule has 1 heterocycles. The summed E-state index contributed by atoms with van der Waals surface area (Å²) in [5, 5.41) is 0. The fraction of sp³-hybridized carbons (Fsp3) is 0.417. The number of nitrogens with zero attached hydrogens (tertiary/aromatic N) is 1. The number of benzene rings is 1. The molecule has 0 bridgehead atoms. The van der Waals surface area contributed by atoms with E-state index in [0.717, 1.165) is 12.5 Å². The van der Waals surface area contributed by atoms with E-state index in [1.54, 1.807) is 0 Å². The average Bonchev–Trinajstić information content (AvgIpc) is 2.24. The summed E-state index contributed by atoms with van der Waals surface area (Å²) in [6, 6.07) is 3.69. The van der Waals surface area contributed by atoms with E-state index in [1.807, 2.05) is 0 Å². The van der Waals surface area contributed by atoms with Gasteiger partial charge in [-0.05, 0) is 18.1 Å². The van der Waals surface area contributed by atoms with Crippen LogP contribution in [0, 0.1) is 0 Å². The monoisotopic (exact) mass is 258 g/mol. The molecule has 1 aromatic rings. The normalized spacial score (nSPS) is 17.2. The average molecular weight is 258 g/mol. The molecule has 3 nitrogen and oxygen atoms in total. The Kier molecular flexibility index (Phi) is 3.30. The molecule has 98 valence electrons. The van der Waals surface area contributed by atoms with Gasteiger partial charge in [0.2, 0.25) is 5.91 Å². The van der Waals surface area contributed by atoms with Crippen LogP contribution in [0.4, 0.5) is 13.2 Å². The lowest BCUT2D eigenvalue weighted by atomic mass is 9.98. The zero-order valence-electron chi connectivity index (χ0n) is 9.57. The smallest absolute Gasteiger partial charge is 0.341 e. The number of nitrogens with two attached hydrogens (primary N) is 1. The number of carbonyl (C=O) groups excluding carboxylic acids is 1. The minimum Gasteiger partial charge on any atom is -0.341 e. The van der Waals surface area contributed by atoms with E-state index >= 15 is 0 Å². The molecule has 0 aliphatic carbocycles. The Bertz CT molecular complexity index is 455. The van der Waals surface area contributed by atoms with Gasteiger partial charge < -0.3 is 10.6 Å². The highest BCUT2D eigenvalue weighted by Crippen LogP contribution is 2.34. The molecule has 1 aliphatic rings. The number of amides is 1. The van der Waals surface area contributed by atoms with Crippen LogP contribution < -0.4 is 5.73 Å². The summed E-state index contributed by atoms with van der Waals surface area (Å²) < 4.78 is 38.4. The number of hydrogen-bond donors (Lipinski definition) is 1. The number of halogens is 3. The molecule has 1 atom stereocenters. The van der Waals surface area contributed by atoms with Crippen molar-refractivity contribution >= 4 is 5.91 Å². The molecule has 2 N–H and O–H groups in total. The van der Waals surface area contributed by atoms with E-state index in [4.69, 9.17) is 5.73 Å². The predicted molar refractivity (Wildman–Crippen MR) is 59.6 cm³/mol. The van der Waals surface area contributed by atoms with Crippen molar-refractivity contribution in [2.45, 2.75) is 18.6 Å². The second-order valence-electron chi connectivity index (χ2n) is 4.24. The number of alkyl halides is 3. The van der Waals surface area contributed by atoms with Crippen LogP contribution in [0.3, 0.4) is 0 Å². The summed E-state index contributed by atoms with van der Waals surface area (Å²) in [5.74, 6) is -0.446. The molecule has 0 radical (unpaired) electrons. The fourth-order valence-corrected chi connectivity index (χ4v) is 1.89. The van der Waals surface area contributed by atoms with Crippen molar-refractivity contribution < 1.29 is 18.0 Å². The van der Waals surface area contributed by atoms with Crippen LogP contribution in [-0.4, -0.2) is 23.9 Å². The van der Waals surface area contributed by atoms with E-state index in [0.29, 0.717) is 13.1 Å². The van der Waals surface area contributed by atoms with Crippen molar-refractivity contribution in [2.24, 2.45) is 5.73 Å². The molecule has 0 aromatic heterocycles. The molecule has 6 heteroatoms. The van der Waals surface area contributed by atoms with Crippen molar-refractivity contribution in [3.63, 3.8) is 0 Å². The van der Waals surface area contributed by atoms with E-state index in [2.05, 4.69) is 0 Å². The zero-order valence-corrected chi connectivity index (χ0v) is 9.57. The van der Waals surface area contributed by atoms with Gasteiger partial charge in [0.05, 0.1) is 5.56 Å². The summed E-state index contributed by atoms with van der Waals surface area (Å²) in [4.78, 5) is 13.3. The SMILES string of the molecule is NC(C(=O)N1CCC1)c1ccccc1C(F)(F)F. The molecule has 1 amide bonds. The first-order valence-electron chi connectivity index (χ1n) is 5.62. The van der Waals surface area contributed by atoms with Crippen LogP contribution in [0.25, 0.3) is 0 Å². The Balaban J connectivity index is 2.29. The maximum absolute atomic E-state index is 12.8. The maximum atomic E-state index is 12.8. The van der Waals surface area contributed by atoms with Crippen LogP contribution in [0.5, 0.6) is 0 Å². The van der Waals surface area contributed by atoms with Crippen molar-refractivity contribution in [1.29, 1.82) is 0 Å². The van der Waals surface area contributed by atoms with Crippen LogP contribution in [0.15, 0.2) is 24.3 Å². The predicted octanol–water partition coefficient (Wildman–Crippen LogP) is 1.94. The first-order chi connectivity index (χ1) is 8.41. The third-order valence-electron chi connectivity index (χ3n) is 3.04. The summed E-state index contributed by atoms with van der Waals surface area (Å²) in [7, 11) is 0. The first-order valence-corrected chi connectivity index (χ1v) is 5.62. The highest BCUT2D eigenvalue weighted by molar-refractivity contribution is 5.84. The second kappa shape index (κ2) is 4.61. The van der Waals surface area contributed by atoms with Crippen molar-refractivity contribution in [3.8, 4) is 0 Å². The number of carbonyl (C=O) groups is 1. The van der Waals surface area contributed by atoms with Gasteiger partial charge in [-0.25, -0.2) is 0 Å². The highest BCUT2D eigenvalue weighted by Gasteiger charge is 2.37. The number of rotatable bonds is 2. The molecule has 1 fully saturated rings. The molecule has 2 rings (SSSR count). The standard InChI is InChI=1S/C12H13F3N2O/c13-12(14,15)9-5-2-1-4-8(9)10(16)11(18)17-6-3-7-17/h1-2,4-5,10H,3,6-7,16H2. The Morgan fingerprint density at radius 1 is 1.28 bits per heavy atom. The van der Waals surface area contributed by atoms with Crippen LogP contribution in [0.1, 0.15) is 23.6 Å². The van der Waals surface area contributed by atoms with E-state index in [9.17, 15) is 18.0 Å². The van der Waals surface area contributed by atoms with Crippen LogP contribution >= 0.6 is 0 Å². The van der Waals surface area contributed by atoms with Crippen molar-refractivity contribution in [1.82, 2.24) is 4.90 Å². The van der Waals surface area contributed by atoms with E-state index < -0.39 is 23.7 Å². The molecule has 0 saturated carbocycles. The Morgan fingerprint density at radius 3 is 2.39 bits per heavy atom. The van der Waals surface area contributed by atoms with Gasteiger partial charge in [0.1, 0.15) is 6.04 Å². The van der Waals surface area contributed by atoms with Gasteiger partial charge in [-0.3, -0.25) is 4.79 Å². The fourth-order valence-electron chi connectivity index (χ4n) is 1.89. The van der Waals surface area contributed by atoms with Gasteiger partial charge >= 0.3 is 6.18 Å². The lowest BCUT2D eigenvalue weighted by molar-refractivity contribution is -0.140. The van der Waals surface area contributed by atoms with Gasteiger partial charge in [0.25, 0.3) is 0 Å².